The van der Waals surface area contributed by atoms with E-state index in [1.54, 1.807) is 0 Å². The number of carboxylic acids is 1. The summed E-state index contributed by atoms with van der Waals surface area (Å²) in [5.41, 5.74) is 4.62. The van der Waals surface area contributed by atoms with Gasteiger partial charge in [-0.15, -0.1) is 0 Å². The van der Waals surface area contributed by atoms with Crippen molar-refractivity contribution in [3.63, 3.8) is 0 Å². The first-order chi connectivity index (χ1) is 16.1. The van der Waals surface area contributed by atoms with E-state index in [4.69, 9.17) is 9.47 Å². The molecular formula is C25H28N2O6. The van der Waals surface area contributed by atoms with Crippen LogP contribution >= 0.6 is 0 Å². The van der Waals surface area contributed by atoms with Crippen LogP contribution in [0, 0.1) is 0 Å². The molecule has 0 unspecified atom stereocenters. The Hall–Kier alpha value is -3.39. The van der Waals surface area contributed by atoms with Crippen LogP contribution in [0.5, 0.6) is 0 Å². The first-order valence-electron chi connectivity index (χ1n) is 11.2. The summed E-state index contributed by atoms with van der Waals surface area (Å²) in [6.07, 6.45) is 1.50. The van der Waals surface area contributed by atoms with Gasteiger partial charge in [0.15, 0.2) is 0 Å². The zero-order chi connectivity index (χ0) is 23.2. The number of likely N-dealkylation sites (tertiary alicyclic amines) is 1. The molecule has 0 saturated carbocycles. The highest BCUT2D eigenvalue weighted by Crippen LogP contribution is 2.44. The van der Waals surface area contributed by atoms with Crippen LogP contribution in [0.3, 0.4) is 0 Å². The number of carboxylic acid groups (broad SMARTS) is 1. The normalized spacial score (nSPS) is 17.2. The Morgan fingerprint density at radius 2 is 1.67 bits per heavy atom. The van der Waals surface area contributed by atoms with Gasteiger partial charge in [-0.2, -0.15) is 0 Å². The second-order valence-corrected chi connectivity index (χ2v) is 8.24. The number of aliphatic carboxylic acids is 1. The molecule has 2 N–H and O–H groups in total. The molecule has 1 heterocycles. The topological polar surface area (TPSA) is 105 Å². The van der Waals surface area contributed by atoms with Crippen molar-refractivity contribution in [2.24, 2.45) is 0 Å². The number of nitrogens with zero attached hydrogens (tertiary/aromatic N) is 1. The number of fused-ring (bicyclic) bond motifs is 3. The van der Waals surface area contributed by atoms with E-state index < -0.39 is 18.1 Å². The first kappa shape index (κ1) is 22.8. The predicted molar refractivity (Wildman–Crippen MR) is 121 cm³/mol. The average Bonchev–Trinajstić information content (AvgIpc) is 3.16. The van der Waals surface area contributed by atoms with Crippen LogP contribution in [0.1, 0.15) is 36.3 Å². The standard InChI is InChI=1S/C25H28N2O6/c28-23(27-13-6-5-11-22(27)24(29)30)16-32-14-12-26-25(31)33-15-21-19-9-3-1-7-17(19)18-8-2-4-10-20(18)21/h1-4,7-10,21-22H,5-6,11-16H2,(H,26,31)(H,29,30)/t22-/m0/s1. The first-order valence-corrected chi connectivity index (χ1v) is 11.2. The minimum Gasteiger partial charge on any atom is -0.480 e. The predicted octanol–water partition coefficient (Wildman–Crippen LogP) is 3.01. The molecule has 4 rings (SSSR count). The number of amides is 2. The monoisotopic (exact) mass is 452 g/mol. The van der Waals surface area contributed by atoms with E-state index in [0.29, 0.717) is 13.0 Å². The van der Waals surface area contributed by atoms with E-state index >= 15 is 0 Å². The quantitative estimate of drug-likeness (QED) is 0.597. The molecule has 33 heavy (non-hydrogen) atoms. The van der Waals surface area contributed by atoms with Crippen molar-refractivity contribution < 1.29 is 29.0 Å². The molecule has 2 aromatic carbocycles. The van der Waals surface area contributed by atoms with Crippen molar-refractivity contribution in [3.05, 3.63) is 59.7 Å². The van der Waals surface area contributed by atoms with Gasteiger partial charge in [0, 0.05) is 19.0 Å². The Bertz CT molecular complexity index is 978. The van der Waals surface area contributed by atoms with Gasteiger partial charge in [-0.25, -0.2) is 9.59 Å². The van der Waals surface area contributed by atoms with Crippen LogP contribution in [0.4, 0.5) is 4.79 Å². The lowest BCUT2D eigenvalue weighted by atomic mass is 9.98. The highest BCUT2D eigenvalue weighted by molar-refractivity contribution is 5.84. The molecule has 1 aliphatic carbocycles. The Morgan fingerprint density at radius 3 is 2.33 bits per heavy atom. The molecule has 8 nitrogen and oxygen atoms in total. The van der Waals surface area contributed by atoms with Gasteiger partial charge in [0.05, 0.1) is 6.61 Å². The lowest BCUT2D eigenvalue weighted by Crippen LogP contribution is -2.49. The van der Waals surface area contributed by atoms with Crippen molar-refractivity contribution in [3.8, 4) is 11.1 Å². The third-order valence-electron chi connectivity index (χ3n) is 6.19. The second kappa shape index (κ2) is 10.5. The number of hydrogen-bond donors (Lipinski definition) is 2. The van der Waals surface area contributed by atoms with Gasteiger partial charge >= 0.3 is 12.1 Å². The van der Waals surface area contributed by atoms with Gasteiger partial charge in [0.2, 0.25) is 5.91 Å². The molecule has 8 heteroatoms. The van der Waals surface area contributed by atoms with E-state index in [2.05, 4.69) is 29.6 Å². The third-order valence-corrected chi connectivity index (χ3v) is 6.19. The minimum absolute atomic E-state index is 0.0104. The fraction of sp³-hybridized carbons (Fsp3) is 0.400. The van der Waals surface area contributed by atoms with E-state index in [1.165, 1.54) is 16.0 Å². The molecular weight excluding hydrogens is 424 g/mol. The number of carbonyl (C=O) groups is 3. The van der Waals surface area contributed by atoms with Crippen molar-refractivity contribution in [1.29, 1.82) is 0 Å². The van der Waals surface area contributed by atoms with Gasteiger partial charge in [0.25, 0.3) is 0 Å². The van der Waals surface area contributed by atoms with Crippen molar-refractivity contribution in [2.75, 3.05) is 32.9 Å². The number of carbonyl (C=O) groups excluding carboxylic acids is 2. The molecule has 1 saturated heterocycles. The Kier molecular flexibility index (Phi) is 7.24. The molecule has 1 fully saturated rings. The highest BCUT2D eigenvalue weighted by Gasteiger charge is 2.32. The summed E-state index contributed by atoms with van der Waals surface area (Å²) in [6.45, 7) is 0.756. The largest absolute Gasteiger partial charge is 0.480 e. The van der Waals surface area contributed by atoms with Crippen molar-refractivity contribution >= 4 is 18.0 Å². The van der Waals surface area contributed by atoms with E-state index in [9.17, 15) is 19.5 Å². The number of rotatable bonds is 8. The van der Waals surface area contributed by atoms with Crippen LogP contribution < -0.4 is 5.32 Å². The molecule has 2 amide bonds. The molecule has 0 bridgehead atoms. The third kappa shape index (κ3) is 5.17. The Balaban J connectivity index is 1.19. The smallest absolute Gasteiger partial charge is 0.407 e. The van der Waals surface area contributed by atoms with Crippen molar-refractivity contribution in [2.45, 2.75) is 31.2 Å². The molecule has 1 aliphatic heterocycles. The Morgan fingerprint density at radius 1 is 1.00 bits per heavy atom. The van der Waals surface area contributed by atoms with Gasteiger partial charge in [0.1, 0.15) is 19.3 Å². The zero-order valence-corrected chi connectivity index (χ0v) is 18.4. The van der Waals surface area contributed by atoms with Crippen LogP contribution in [-0.4, -0.2) is 66.9 Å². The number of benzene rings is 2. The van der Waals surface area contributed by atoms with E-state index in [1.807, 2.05) is 24.3 Å². The number of alkyl carbamates (subject to hydrolysis) is 1. The average molecular weight is 453 g/mol. The van der Waals surface area contributed by atoms with Crippen LogP contribution in [-0.2, 0) is 19.1 Å². The summed E-state index contributed by atoms with van der Waals surface area (Å²) >= 11 is 0. The summed E-state index contributed by atoms with van der Waals surface area (Å²) in [5.74, 6) is -1.34. The van der Waals surface area contributed by atoms with Gasteiger partial charge in [-0.3, -0.25) is 4.79 Å². The Labute approximate surface area is 192 Å². The maximum absolute atomic E-state index is 12.3. The van der Waals surface area contributed by atoms with E-state index in [-0.39, 0.29) is 38.2 Å². The van der Waals surface area contributed by atoms with Crippen LogP contribution in [0.15, 0.2) is 48.5 Å². The van der Waals surface area contributed by atoms with Crippen LogP contribution in [0.2, 0.25) is 0 Å². The van der Waals surface area contributed by atoms with Crippen LogP contribution in [0.25, 0.3) is 11.1 Å². The SMILES string of the molecule is O=C(NCCOCC(=O)N1CCCC[C@H]1C(=O)O)OCC1c2ccccc2-c2ccccc21. The molecule has 174 valence electrons. The molecule has 0 radical (unpaired) electrons. The lowest BCUT2D eigenvalue weighted by Gasteiger charge is -2.32. The van der Waals surface area contributed by atoms with Gasteiger partial charge in [-0.1, -0.05) is 48.5 Å². The fourth-order valence-electron chi connectivity index (χ4n) is 4.60. The summed E-state index contributed by atoms with van der Waals surface area (Å²) in [6, 6.07) is 15.5. The molecule has 0 spiro atoms. The van der Waals surface area contributed by atoms with E-state index in [0.717, 1.165) is 24.0 Å². The zero-order valence-electron chi connectivity index (χ0n) is 18.4. The molecule has 0 aromatic heterocycles. The van der Waals surface area contributed by atoms with Gasteiger partial charge in [-0.05, 0) is 41.5 Å². The second-order valence-electron chi connectivity index (χ2n) is 8.24. The minimum atomic E-state index is -0.986. The fourth-order valence-corrected chi connectivity index (χ4v) is 4.60. The maximum atomic E-state index is 12.3. The summed E-state index contributed by atoms with van der Waals surface area (Å²) < 4.78 is 10.8. The number of nitrogens with one attached hydrogen (secondary N) is 1. The highest BCUT2D eigenvalue weighted by atomic mass is 16.5. The number of hydrogen-bond acceptors (Lipinski definition) is 5. The van der Waals surface area contributed by atoms with Gasteiger partial charge < -0.3 is 24.8 Å². The number of ether oxygens (including phenoxy) is 2. The lowest BCUT2D eigenvalue weighted by molar-refractivity contribution is -0.154. The molecule has 2 aromatic rings. The maximum Gasteiger partial charge on any atom is 0.407 e. The summed E-state index contributed by atoms with van der Waals surface area (Å²) in [4.78, 5) is 37.1. The van der Waals surface area contributed by atoms with Crippen molar-refractivity contribution in [1.82, 2.24) is 10.2 Å². The molecule has 2 aliphatic rings. The summed E-state index contributed by atoms with van der Waals surface area (Å²) in [7, 11) is 0. The molecule has 1 atom stereocenters. The number of piperidine rings is 1. The summed E-state index contributed by atoms with van der Waals surface area (Å²) in [5, 5.41) is 11.9.